The van der Waals surface area contributed by atoms with Gasteiger partial charge in [0.15, 0.2) is 15.4 Å². The quantitative estimate of drug-likeness (QED) is 0.650. The average molecular weight is 282 g/mol. The molecule has 0 fully saturated rings. The molecule has 0 unspecified atom stereocenters. The van der Waals surface area contributed by atoms with Gasteiger partial charge in [-0.05, 0) is 18.6 Å². The average Bonchev–Trinajstić information content (AvgIpc) is 2.72. The van der Waals surface area contributed by atoms with Crippen LogP contribution in [0.15, 0.2) is 22.6 Å². The number of sulfone groups is 1. The van der Waals surface area contributed by atoms with Crippen LogP contribution >= 0.6 is 0 Å². The van der Waals surface area contributed by atoms with E-state index in [2.05, 4.69) is 4.98 Å². The number of anilines is 1. The molecule has 0 aliphatic rings. The fourth-order valence-electron chi connectivity index (χ4n) is 1.91. The van der Waals surface area contributed by atoms with E-state index in [0.717, 1.165) is 12.8 Å². The molecule has 104 valence electrons. The first kappa shape index (κ1) is 13.9. The Balaban J connectivity index is 2.15. The summed E-state index contributed by atoms with van der Waals surface area (Å²) in [5, 5.41) is 0. The molecule has 1 aromatic heterocycles. The zero-order valence-corrected chi connectivity index (χ0v) is 11.7. The van der Waals surface area contributed by atoms with E-state index in [1.165, 1.54) is 0 Å². The highest BCUT2D eigenvalue weighted by atomic mass is 32.2. The zero-order valence-electron chi connectivity index (χ0n) is 10.9. The van der Waals surface area contributed by atoms with E-state index in [1.807, 2.05) is 6.92 Å². The molecule has 2 N–H and O–H groups in total. The molecule has 2 rings (SSSR count). The second kappa shape index (κ2) is 5.61. The Morgan fingerprint density at radius 3 is 2.79 bits per heavy atom. The molecule has 1 heterocycles. The third kappa shape index (κ3) is 3.47. The Morgan fingerprint density at radius 2 is 2.11 bits per heavy atom. The smallest absolute Gasteiger partial charge is 0.210 e. The SMILES string of the molecule is CCCCCS(=O)(=O)Cc1nc2c(N)cccc2o1. The first-order chi connectivity index (χ1) is 9.02. The monoisotopic (exact) mass is 282 g/mol. The van der Waals surface area contributed by atoms with E-state index in [1.54, 1.807) is 18.2 Å². The van der Waals surface area contributed by atoms with Crippen LogP contribution in [0.1, 0.15) is 32.1 Å². The number of rotatable bonds is 6. The van der Waals surface area contributed by atoms with Gasteiger partial charge in [0.25, 0.3) is 0 Å². The summed E-state index contributed by atoms with van der Waals surface area (Å²) >= 11 is 0. The van der Waals surface area contributed by atoms with Crippen molar-refractivity contribution in [2.45, 2.75) is 31.9 Å². The van der Waals surface area contributed by atoms with Gasteiger partial charge in [-0.2, -0.15) is 0 Å². The van der Waals surface area contributed by atoms with Crippen molar-refractivity contribution in [2.75, 3.05) is 11.5 Å². The van der Waals surface area contributed by atoms with E-state index >= 15 is 0 Å². The van der Waals surface area contributed by atoms with Crippen LogP contribution in [0.25, 0.3) is 11.1 Å². The molecular formula is C13H18N2O3S. The van der Waals surface area contributed by atoms with Gasteiger partial charge in [-0.15, -0.1) is 0 Å². The highest BCUT2D eigenvalue weighted by Crippen LogP contribution is 2.22. The van der Waals surface area contributed by atoms with Gasteiger partial charge in [-0.1, -0.05) is 25.8 Å². The molecule has 2 aromatic rings. The number of para-hydroxylation sites is 1. The van der Waals surface area contributed by atoms with Crippen molar-refractivity contribution in [2.24, 2.45) is 0 Å². The van der Waals surface area contributed by atoms with Gasteiger partial charge >= 0.3 is 0 Å². The number of hydrogen-bond donors (Lipinski definition) is 1. The number of fused-ring (bicyclic) bond motifs is 1. The lowest BCUT2D eigenvalue weighted by atomic mass is 10.3. The van der Waals surface area contributed by atoms with Crippen molar-refractivity contribution in [3.63, 3.8) is 0 Å². The number of nitrogens with two attached hydrogens (primary N) is 1. The first-order valence-electron chi connectivity index (χ1n) is 6.36. The van der Waals surface area contributed by atoms with Crippen molar-refractivity contribution in [3.05, 3.63) is 24.1 Å². The largest absolute Gasteiger partial charge is 0.439 e. The normalized spacial score (nSPS) is 12.1. The number of aromatic nitrogens is 1. The molecule has 0 amide bonds. The van der Waals surface area contributed by atoms with Gasteiger partial charge in [0.2, 0.25) is 5.89 Å². The van der Waals surface area contributed by atoms with Crippen LogP contribution in [-0.2, 0) is 15.6 Å². The molecule has 0 saturated carbocycles. The topological polar surface area (TPSA) is 86.2 Å². The van der Waals surface area contributed by atoms with Gasteiger partial charge < -0.3 is 10.2 Å². The summed E-state index contributed by atoms with van der Waals surface area (Å²) in [4.78, 5) is 4.15. The van der Waals surface area contributed by atoms with Crippen LogP contribution in [0.3, 0.4) is 0 Å². The van der Waals surface area contributed by atoms with Crippen molar-refractivity contribution in [1.29, 1.82) is 0 Å². The van der Waals surface area contributed by atoms with Crippen LogP contribution in [0, 0.1) is 0 Å². The number of hydrogen-bond acceptors (Lipinski definition) is 5. The Labute approximate surface area is 112 Å². The molecule has 5 nitrogen and oxygen atoms in total. The second-order valence-corrected chi connectivity index (χ2v) is 6.78. The molecule has 19 heavy (non-hydrogen) atoms. The predicted molar refractivity (Wildman–Crippen MR) is 75.4 cm³/mol. The van der Waals surface area contributed by atoms with Crippen molar-refractivity contribution in [3.8, 4) is 0 Å². The van der Waals surface area contributed by atoms with E-state index in [0.29, 0.717) is 23.2 Å². The summed E-state index contributed by atoms with van der Waals surface area (Å²) in [6.45, 7) is 2.04. The molecule has 0 bridgehead atoms. The minimum atomic E-state index is -3.16. The highest BCUT2D eigenvalue weighted by Gasteiger charge is 2.17. The molecular weight excluding hydrogens is 264 g/mol. The van der Waals surface area contributed by atoms with Gasteiger partial charge in [-0.3, -0.25) is 0 Å². The molecule has 0 saturated heterocycles. The fourth-order valence-corrected chi connectivity index (χ4v) is 3.20. The van der Waals surface area contributed by atoms with E-state index in [-0.39, 0.29) is 17.4 Å². The van der Waals surface area contributed by atoms with Crippen LogP contribution in [-0.4, -0.2) is 19.2 Å². The van der Waals surface area contributed by atoms with Gasteiger partial charge in [0.05, 0.1) is 11.4 Å². The summed E-state index contributed by atoms with van der Waals surface area (Å²) in [6, 6.07) is 5.19. The Hall–Kier alpha value is -1.56. The minimum Gasteiger partial charge on any atom is -0.439 e. The predicted octanol–water partition coefficient (Wildman–Crippen LogP) is 2.52. The molecule has 6 heteroatoms. The number of unbranched alkanes of at least 4 members (excludes halogenated alkanes) is 2. The number of nitrogens with zero attached hydrogens (tertiary/aromatic N) is 1. The number of oxazole rings is 1. The van der Waals surface area contributed by atoms with Crippen molar-refractivity contribution >= 4 is 26.6 Å². The minimum absolute atomic E-state index is 0.162. The van der Waals surface area contributed by atoms with Crippen LogP contribution in [0.2, 0.25) is 0 Å². The molecule has 0 atom stereocenters. The molecule has 1 aromatic carbocycles. The lowest BCUT2D eigenvalue weighted by Crippen LogP contribution is -2.09. The molecule has 0 aliphatic heterocycles. The van der Waals surface area contributed by atoms with Gasteiger partial charge in [-0.25, -0.2) is 13.4 Å². The Morgan fingerprint density at radius 1 is 1.32 bits per heavy atom. The van der Waals surface area contributed by atoms with E-state index in [9.17, 15) is 8.42 Å². The molecule has 0 radical (unpaired) electrons. The van der Waals surface area contributed by atoms with E-state index in [4.69, 9.17) is 10.2 Å². The van der Waals surface area contributed by atoms with Crippen molar-refractivity contribution in [1.82, 2.24) is 4.98 Å². The van der Waals surface area contributed by atoms with E-state index < -0.39 is 9.84 Å². The standard InChI is InChI=1S/C13H18N2O3S/c1-2-3-4-8-19(16,17)9-12-15-13-10(14)6-5-7-11(13)18-12/h5-7H,2-4,8-9,14H2,1H3. The Kier molecular flexibility index (Phi) is 4.09. The second-order valence-electron chi connectivity index (χ2n) is 4.60. The third-order valence-electron chi connectivity index (χ3n) is 2.90. The first-order valence-corrected chi connectivity index (χ1v) is 8.18. The van der Waals surface area contributed by atoms with Crippen molar-refractivity contribution < 1.29 is 12.8 Å². The van der Waals surface area contributed by atoms with Crippen LogP contribution in [0.5, 0.6) is 0 Å². The number of benzene rings is 1. The van der Waals surface area contributed by atoms with Gasteiger partial charge in [0, 0.05) is 0 Å². The molecule has 0 spiro atoms. The van der Waals surface area contributed by atoms with Gasteiger partial charge in [0.1, 0.15) is 11.3 Å². The fraction of sp³-hybridized carbons (Fsp3) is 0.462. The van der Waals surface area contributed by atoms with Crippen LogP contribution < -0.4 is 5.73 Å². The summed E-state index contributed by atoms with van der Waals surface area (Å²) in [6.07, 6.45) is 2.59. The maximum atomic E-state index is 11.9. The Bertz CT molecular complexity index is 662. The van der Waals surface area contributed by atoms with Crippen LogP contribution in [0.4, 0.5) is 5.69 Å². The summed E-state index contributed by atoms with van der Waals surface area (Å²) in [5.41, 5.74) is 7.31. The number of nitrogen functional groups attached to an aromatic ring is 1. The lowest BCUT2D eigenvalue weighted by molar-refractivity contribution is 0.539. The zero-order chi connectivity index (χ0) is 13.9. The maximum absolute atomic E-state index is 11.9. The summed E-state index contributed by atoms with van der Waals surface area (Å²) in [5.74, 6) is 0.226. The highest BCUT2D eigenvalue weighted by molar-refractivity contribution is 7.90. The summed E-state index contributed by atoms with van der Waals surface area (Å²) in [7, 11) is -3.16. The maximum Gasteiger partial charge on any atom is 0.210 e. The lowest BCUT2D eigenvalue weighted by Gasteiger charge is -2.00. The third-order valence-corrected chi connectivity index (χ3v) is 4.49. The summed E-state index contributed by atoms with van der Waals surface area (Å²) < 4.78 is 29.2. The molecule has 0 aliphatic carbocycles.